The first-order valence-corrected chi connectivity index (χ1v) is 10.1. The lowest BCUT2D eigenvalue weighted by atomic mass is 9.87. The monoisotopic (exact) mass is 376 g/mol. The molecule has 28 heavy (non-hydrogen) atoms. The van der Waals surface area contributed by atoms with Gasteiger partial charge in [0, 0.05) is 42.5 Å². The number of para-hydroxylation sites is 1. The third kappa shape index (κ3) is 3.77. The van der Waals surface area contributed by atoms with Crippen LogP contribution in [-0.4, -0.2) is 36.0 Å². The van der Waals surface area contributed by atoms with Gasteiger partial charge in [0.15, 0.2) is 0 Å². The zero-order valence-corrected chi connectivity index (χ0v) is 16.7. The van der Waals surface area contributed by atoms with Gasteiger partial charge >= 0.3 is 0 Å². The van der Waals surface area contributed by atoms with E-state index in [2.05, 4.69) is 48.4 Å². The van der Waals surface area contributed by atoms with Crippen LogP contribution < -0.4 is 4.74 Å². The minimum atomic E-state index is 0.0221. The van der Waals surface area contributed by atoms with Crippen molar-refractivity contribution in [3.05, 3.63) is 65.9 Å². The first-order valence-electron chi connectivity index (χ1n) is 10.1. The van der Waals surface area contributed by atoms with Crippen LogP contribution in [0.5, 0.6) is 5.75 Å². The number of methoxy groups -OCH3 is 1. The highest BCUT2D eigenvalue weighted by Gasteiger charge is 2.26. The van der Waals surface area contributed by atoms with Crippen molar-refractivity contribution < 1.29 is 9.53 Å². The number of carbonyl (C=O) groups is 1. The molecule has 2 heterocycles. The van der Waals surface area contributed by atoms with Gasteiger partial charge in [-0.3, -0.25) is 4.79 Å². The SMILES string of the molecule is COc1ccc(C(CC(=O)N2CCC(C)CC2)c2c[nH]c3ccccc23)cc1. The first kappa shape index (κ1) is 18.6. The number of rotatable bonds is 5. The Bertz CT molecular complexity index is 937. The lowest BCUT2D eigenvalue weighted by molar-refractivity contribution is -0.132. The molecule has 0 saturated carbocycles. The Kier molecular flexibility index (Phi) is 5.38. The fraction of sp³-hybridized carbons (Fsp3) is 0.375. The lowest BCUT2D eigenvalue weighted by Crippen LogP contribution is -2.38. The zero-order chi connectivity index (χ0) is 19.5. The third-order valence-electron chi connectivity index (χ3n) is 6.03. The molecule has 0 radical (unpaired) electrons. The standard InChI is InChI=1S/C24H28N2O2/c1-17-11-13-26(14-12-17)24(27)15-21(18-7-9-19(28-2)10-8-18)22-16-25-23-6-4-3-5-20(22)23/h3-10,16-17,21,25H,11-15H2,1-2H3. The molecule has 4 rings (SSSR count). The van der Waals surface area contributed by atoms with Crippen molar-refractivity contribution in [1.82, 2.24) is 9.88 Å². The topological polar surface area (TPSA) is 45.3 Å². The summed E-state index contributed by atoms with van der Waals surface area (Å²) in [5.41, 5.74) is 3.43. The van der Waals surface area contributed by atoms with E-state index in [1.807, 2.05) is 23.1 Å². The van der Waals surface area contributed by atoms with Crippen LogP contribution >= 0.6 is 0 Å². The van der Waals surface area contributed by atoms with E-state index < -0.39 is 0 Å². The van der Waals surface area contributed by atoms with Gasteiger partial charge in [-0.05, 0) is 48.1 Å². The van der Waals surface area contributed by atoms with E-state index in [-0.39, 0.29) is 11.8 Å². The first-order chi connectivity index (χ1) is 13.7. The smallest absolute Gasteiger partial charge is 0.223 e. The fourth-order valence-electron chi connectivity index (χ4n) is 4.19. The molecule has 1 unspecified atom stereocenters. The van der Waals surface area contributed by atoms with Crippen LogP contribution in [0.25, 0.3) is 10.9 Å². The molecule has 1 aliphatic heterocycles. The average molecular weight is 376 g/mol. The van der Waals surface area contributed by atoms with Crippen molar-refractivity contribution in [2.75, 3.05) is 20.2 Å². The van der Waals surface area contributed by atoms with Gasteiger partial charge in [0.1, 0.15) is 5.75 Å². The Morgan fingerprint density at radius 3 is 2.57 bits per heavy atom. The molecule has 1 atom stereocenters. The number of likely N-dealkylation sites (tertiary alicyclic amines) is 1. The van der Waals surface area contributed by atoms with Crippen LogP contribution in [0.2, 0.25) is 0 Å². The number of hydrogen-bond acceptors (Lipinski definition) is 2. The number of piperidine rings is 1. The van der Waals surface area contributed by atoms with Crippen LogP contribution in [0.1, 0.15) is 43.2 Å². The number of fused-ring (bicyclic) bond motifs is 1. The Hall–Kier alpha value is -2.75. The summed E-state index contributed by atoms with van der Waals surface area (Å²) in [5.74, 6) is 1.82. The molecule has 3 aromatic rings. The molecule has 0 spiro atoms. The van der Waals surface area contributed by atoms with E-state index in [0.717, 1.165) is 48.7 Å². The molecule has 2 aromatic carbocycles. The molecule has 0 aliphatic carbocycles. The molecule has 4 heteroatoms. The van der Waals surface area contributed by atoms with Crippen molar-refractivity contribution in [2.24, 2.45) is 5.92 Å². The van der Waals surface area contributed by atoms with Crippen LogP contribution in [0.4, 0.5) is 0 Å². The maximum atomic E-state index is 13.1. The molecule has 1 saturated heterocycles. The summed E-state index contributed by atoms with van der Waals surface area (Å²) >= 11 is 0. The number of nitrogens with one attached hydrogen (secondary N) is 1. The fourth-order valence-corrected chi connectivity index (χ4v) is 4.19. The second-order valence-electron chi connectivity index (χ2n) is 7.88. The van der Waals surface area contributed by atoms with Crippen molar-refractivity contribution >= 4 is 16.8 Å². The number of ether oxygens (including phenoxy) is 1. The number of benzene rings is 2. The Morgan fingerprint density at radius 2 is 1.86 bits per heavy atom. The van der Waals surface area contributed by atoms with Crippen molar-refractivity contribution in [1.29, 1.82) is 0 Å². The number of nitrogens with zero attached hydrogens (tertiary/aromatic N) is 1. The number of hydrogen-bond donors (Lipinski definition) is 1. The molecular weight excluding hydrogens is 348 g/mol. The second kappa shape index (κ2) is 8.09. The van der Waals surface area contributed by atoms with Gasteiger partial charge in [-0.1, -0.05) is 37.3 Å². The molecule has 4 nitrogen and oxygen atoms in total. The summed E-state index contributed by atoms with van der Waals surface area (Å²) in [4.78, 5) is 18.6. The Morgan fingerprint density at radius 1 is 1.14 bits per heavy atom. The predicted molar refractivity (Wildman–Crippen MR) is 113 cm³/mol. The van der Waals surface area contributed by atoms with Gasteiger partial charge in [0.2, 0.25) is 5.91 Å². The zero-order valence-electron chi connectivity index (χ0n) is 16.7. The van der Waals surface area contributed by atoms with Gasteiger partial charge in [-0.15, -0.1) is 0 Å². The van der Waals surface area contributed by atoms with Crippen LogP contribution in [0, 0.1) is 5.92 Å². The summed E-state index contributed by atoms with van der Waals surface area (Å²) in [6.45, 7) is 4.03. The van der Waals surface area contributed by atoms with Gasteiger partial charge in [0.05, 0.1) is 7.11 Å². The van der Waals surface area contributed by atoms with E-state index in [9.17, 15) is 4.79 Å². The minimum Gasteiger partial charge on any atom is -0.497 e. The highest BCUT2D eigenvalue weighted by atomic mass is 16.5. The molecule has 1 fully saturated rings. The summed E-state index contributed by atoms with van der Waals surface area (Å²) in [6, 6.07) is 16.4. The number of carbonyl (C=O) groups excluding carboxylic acids is 1. The maximum absolute atomic E-state index is 13.1. The minimum absolute atomic E-state index is 0.0221. The van der Waals surface area contributed by atoms with Gasteiger partial charge < -0.3 is 14.6 Å². The third-order valence-corrected chi connectivity index (χ3v) is 6.03. The molecule has 1 aliphatic rings. The molecule has 0 bridgehead atoms. The number of H-pyrrole nitrogens is 1. The number of aromatic amines is 1. The summed E-state index contributed by atoms with van der Waals surface area (Å²) < 4.78 is 5.31. The normalized spacial score (nSPS) is 16.3. The number of aromatic nitrogens is 1. The molecule has 146 valence electrons. The van der Waals surface area contributed by atoms with Gasteiger partial charge in [-0.25, -0.2) is 0 Å². The van der Waals surface area contributed by atoms with Crippen LogP contribution in [-0.2, 0) is 4.79 Å². The van der Waals surface area contributed by atoms with Gasteiger partial charge in [0.25, 0.3) is 0 Å². The summed E-state index contributed by atoms with van der Waals surface area (Å²) in [6.07, 6.45) is 4.76. The van der Waals surface area contributed by atoms with E-state index >= 15 is 0 Å². The van der Waals surface area contributed by atoms with Gasteiger partial charge in [-0.2, -0.15) is 0 Å². The van der Waals surface area contributed by atoms with Crippen LogP contribution in [0.3, 0.4) is 0 Å². The van der Waals surface area contributed by atoms with Crippen molar-refractivity contribution in [2.45, 2.75) is 32.1 Å². The molecule has 1 aromatic heterocycles. The van der Waals surface area contributed by atoms with E-state index in [4.69, 9.17) is 4.74 Å². The molecular formula is C24H28N2O2. The van der Waals surface area contributed by atoms with Crippen molar-refractivity contribution in [3.8, 4) is 5.75 Å². The summed E-state index contributed by atoms with van der Waals surface area (Å²) in [7, 11) is 1.67. The van der Waals surface area contributed by atoms with E-state index in [0.29, 0.717) is 6.42 Å². The average Bonchev–Trinajstić information content (AvgIpc) is 3.16. The highest BCUT2D eigenvalue weighted by Crippen LogP contribution is 2.35. The molecule has 1 amide bonds. The molecule has 1 N–H and O–H groups in total. The Labute approximate surface area is 166 Å². The maximum Gasteiger partial charge on any atom is 0.223 e. The highest BCUT2D eigenvalue weighted by molar-refractivity contribution is 5.86. The van der Waals surface area contributed by atoms with Crippen LogP contribution in [0.15, 0.2) is 54.7 Å². The quantitative estimate of drug-likeness (QED) is 0.684. The lowest BCUT2D eigenvalue weighted by Gasteiger charge is -2.31. The summed E-state index contributed by atoms with van der Waals surface area (Å²) in [5, 5.41) is 1.18. The number of amides is 1. The second-order valence-corrected chi connectivity index (χ2v) is 7.88. The predicted octanol–water partition coefficient (Wildman–Crippen LogP) is 4.96. The van der Waals surface area contributed by atoms with E-state index in [1.54, 1.807) is 7.11 Å². The largest absolute Gasteiger partial charge is 0.497 e. The van der Waals surface area contributed by atoms with Crippen molar-refractivity contribution in [3.63, 3.8) is 0 Å². The van der Waals surface area contributed by atoms with E-state index in [1.165, 1.54) is 10.9 Å². The Balaban J connectivity index is 1.66.